The average Bonchev–Trinajstić information content (AvgIpc) is 3.08. The third-order valence-corrected chi connectivity index (χ3v) is 3.61. The van der Waals surface area contributed by atoms with Crippen molar-refractivity contribution in [2.24, 2.45) is 0 Å². The highest BCUT2D eigenvalue weighted by Crippen LogP contribution is 2.16. The number of likely N-dealkylation sites (tertiary alicyclic amines) is 1. The molecule has 0 bridgehead atoms. The van der Waals surface area contributed by atoms with Crippen molar-refractivity contribution >= 4 is 0 Å². The molecule has 1 unspecified atom stereocenters. The number of rotatable bonds is 5. The van der Waals surface area contributed by atoms with E-state index in [1.807, 2.05) is 25.3 Å². The molecule has 0 aromatic carbocycles. The Morgan fingerprint density at radius 1 is 1.40 bits per heavy atom. The smallest absolute Gasteiger partial charge is 0.103 e. The van der Waals surface area contributed by atoms with Crippen LogP contribution in [0.1, 0.15) is 23.5 Å². The van der Waals surface area contributed by atoms with Crippen LogP contribution in [0.25, 0.3) is 0 Å². The molecule has 5 heteroatoms. The van der Waals surface area contributed by atoms with Gasteiger partial charge in [0.15, 0.2) is 0 Å². The normalized spacial score (nSPS) is 19.6. The van der Waals surface area contributed by atoms with Gasteiger partial charge in [0.25, 0.3) is 0 Å². The number of imidazole rings is 1. The molecule has 0 aliphatic carbocycles. The summed E-state index contributed by atoms with van der Waals surface area (Å²) in [5, 5.41) is 0. The van der Waals surface area contributed by atoms with E-state index in [1.165, 1.54) is 11.3 Å². The first-order valence-electron chi connectivity index (χ1n) is 7.03. The third kappa shape index (κ3) is 3.43. The van der Waals surface area contributed by atoms with Crippen LogP contribution in [-0.2, 0) is 17.9 Å². The zero-order valence-electron chi connectivity index (χ0n) is 11.7. The van der Waals surface area contributed by atoms with Gasteiger partial charge in [0.2, 0.25) is 0 Å². The Labute approximate surface area is 119 Å². The largest absolute Gasteiger partial charge is 0.372 e. The van der Waals surface area contributed by atoms with Gasteiger partial charge >= 0.3 is 0 Å². The fourth-order valence-electron chi connectivity index (χ4n) is 2.56. The molecule has 0 saturated carbocycles. The maximum Gasteiger partial charge on any atom is 0.103 e. The molecular weight excluding hydrogens is 252 g/mol. The Bertz CT molecular complexity index is 540. The molecule has 2 aromatic rings. The number of pyridine rings is 1. The summed E-state index contributed by atoms with van der Waals surface area (Å²) in [7, 11) is 0. The number of aromatic nitrogens is 3. The summed E-state index contributed by atoms with van der Waals surface area (Å²) in [5.74, 6) is 0.977. The summed E-state index contributed by atoms with van der Waals surface area (Å²) in [4.78, 5) is 13.9. The number of hydrogen-bond donors (Lipinski definition) is 1. The minimum atomic E-state index is 0.326. The second kappa shape index (κ2) is 6.15. The highest BCUT2D eigenvalue weighted by atomic mass is 16.5. The van der Waals surface area contributed by atoms with Gasteiger partial charge in [-0.3, -0.25) is 9.88 Å². The molecule has 1 aliphatic heterocycles. The van der Waals surface area contributed by atoms with E-state index >= 15 is 0 Å². The van der Waals surface area contributed by atoms with Gasteiger partial charge < -0.3 is 9.72 Å². The summed E-state index contributed by atoms with van der Waals surface area (Å²) in [6.07, 6.45) is 6.95. The van der Waals surface area contributed by atoms with Crippen molar-refractivity contribution in [1.29, 1.82) is 0 Å². The van der Waals surface area contributed by atoms with Crippen molar-refractivity contribution in [3.05, 3.63) is 47.8 Å². The molecule has 3 heterocycles. The molecule has 1 N–H and O–H groups in total. The van der Waals surface area contributed by atoms with E-state index in [0.29, 0.717) is 12.7 Å². The Morgan fingerprint density at radius 3 is 3.00 bits per heavy atom. The van der Waals surface area contributed by atoms with E-state index in [4.69, 9.17) is 4.74 Å². The number of ether oxygens (including phenoxy) is 1. The zero-order valence-corrected chi connectivity index (χ0v) is 11.7. The predicted molar refractivity (Wildman–Crippen MR) is 76.0 cm³/mol. The van der Waals surface area contributed by atoms with Crippen LogP contribution in [0.15, 0.2) is 30.7 Å². The van der Waals surface area contributed by atoms with Crippen molar-refractivity contribution in [2.75, 3.05) is 13.1 Å². The number of nitrogens with one attached hydrogen (secondary N) is 1. The molecule has 5 nitrogen and oxygen atoms in total. The van der Waals surface area contributed by atoms with Gasteiger partial charge in [-0.25, -0.2) is 4.98 Å². The van der Waals surface area contributed by atoms with E-state index in [1.54, 1.807) is 12.4 Å². The van der Waals surface area contributed by atoms with E-state index in [2.05, 4.69) is 19.9 Å². The van der Waals surface area contributed by atoms with Gasteiger partial charge in [0.1, 0.15) is 5.82 Å². The number of aryl methyl sites for hydroxylation is 1. The topological polar surface area (TPSA) is 54.0 Å². The minimum Gasteiger partial charge on any atom is -0.372 e. The van der Waals surface area contributed by atoms with E-state index in [-0.39, 0.29) is 0 Å². The molecule has 0 spiro atoms. The molecule has 20 heavy (non-hydrogen) atoms. The first-order valence-corrected chi connectivity index (χ1v) is 7.03. The molecule has 1 atom stereocenters. The van der Waals surface area contributed by atoms with Crippen molar-refractivity contribution in [3.63, 3.8) is 0 Å². The van der Waals surface area contributed by atoms with Crippen LogP contribution in [0, 0.1) is 6.92 Å². The van der Waals surface area contributed by atoms with Crippen molar-refractivity contribution in [2.45, 2.75) is 32.6 Å². The van der Waals surface area contributed by atoms with Crippen LogP contribution in [0.4, 0.5) is 0 Å². The summed E-state index contributed by atoms with van der Waals surface area (Å²) in [5.41, 5.74) is 2.36. The van der Waals surface area contributed by atoms with Gasteiger partial charge in [0, 0.05) is 43.9 Å². The van der Waals surface area contributed by atoms with Gasteiger partial charge in [-0.15, -0.1) is 0 Å². The minimum absolute atomic E-state index is 0.326. The van der Waals surface area contributed by atoms with Crippen LogP contribution < -0.4 is 0 Å². The maximum absolute atomic E-state index is 5.97. The first-order chi connectivity index (χ1) is 9.79. The number of hydrogen-bond acceptors (Lipinski definition) is 4. The molecule has 106 valence electrons. The Hall–Kier alpha value is -1.72. The summed E-state index contributed by atoms with van der Waals surface area (Å²) >= 11 is 0. The number of aromatic amines is 1. The van der Waals surface area contributed by atoms with Crippen molar-refractivity contribution < 1.29 is 4.74 Å². The second-order valence-electron chi connectivity index (χ2n) is 5.31. The lowest BCUT2D eigenvalue weighted by atomic mass is 10.3. The molecule has 2 aromatic heterocycles. The maximum atomic E-state index is 5.97. The third-order valence-electron chi connectivity index (χ3n) is 3.61. The molecule has 3 rings (SSSR count). The van der Waals surface area contributed by atoms with E-state index in [9.17, 15) is 0 Å². The first kappa shape index (κ1) is 13.3. The zero-order chi connectivity index (χ0) is 13.8. The predicted octanol–water partition coefficient (Wildman–Crippen LogP) is 1.90. The molecule has 1 fully saturated rings. The molecule has 1 aliphatic rings. The number of H-pyrrole nitrogens is 1. The quantitative estimate of drug-likeness (QED) is 0.903. The highest BCUT2D eigenvalue weighted by Gasteiger charge is 2.23. The Balaban J connectivity index is 1.45. The highest BCUT2D eigenvalue weighted by molar-refractivity contribution is 5.08. The van der Waals surface area contributed by atoms with Crippen molar-refractivity contribution in [1.82, 2.24) is 19.9 Å². The van der Waals surface area contributed by atoms with Crippen LogP contribution in [0.2, 0.25) is 0 Å². The average molecular weight is 272 g/mol. The van der Waals surface area contributed by atoms with Gasteiger partial charge in [-0.1, -0.05) is 0 Å². The Morgan fingerprint density at radius 2 is 2.25 bits per heavy atom. The van der Waals surface area contributed by atoms with Crippen LogP contribution in [0.5, 0.6) is 0 Å². The molecule has 0 amide bonds. The lowest BCUT2D eigenvalue weighted by molar-refractivity contribution is 0.0460. The molecular formula is C15H20N4O. The summed E-state index contributed by atoms with van der Waals surface area (Å²) in [6.45, 7) is 5.65. The van der Waals surface area contributed by atoms with E-state index < -0.39 is 0 Å². The lowest BCUT2D eigenvalue weighted by Crippen LogP contribution is -2.23. The fourth-order valence-corrected chi connectivity index (χ4v) is 2.56. The van der Waals surface area contributed by atoms with Crippen LogP contribution >= 0.6 is 0 Å². The SMILES string of the molecule is Cc1ncc(CN2CCC(OCc3ccncc3)C2)[nH]1. The van der Waals surface area contributed by atoms with Gasteiger partial charge in [-0.2, -0.15) is 0 Å². The van der Waals surface area contributed by atoms with Crippen LogP contribution in [0.3, 0.4) is 0 Å². The fraction of sp³-hybridized carbons (Fsp3) is 0.467. The molecule has 1 saturated heterocycles. The lowest BCUT2D eigenvalue weighted by Gasteiger charge is -2.15. The monoisotopic (exact) mass is 272 g/mol. The summed E-state index contributed by atoms with van der Waals surface area (Å²) in [6, 6.07) is 4.00. The summed E-state index contributed by atoms with van der Waals surface area (Å²) < 4.78 is 5.97. The van der Waals surface area contributed by atoms with E-state index in [0.717, 1.165) is 31.9 Å². The standard InChI is InChI=1S/C15H20N4O/c1-12-17-8-14(18-12)9-19-7-4-15(10-19)20-11-13-2-5-16-6-3-13/h2-3,5-6,8,15H,4,7,9-11H2,1H3,(H,17,18). The van der Waals surface area contributed by atoms with Crippen LogP contribution in [-0.4, -0.2) is 39.0 Å². The van der Waals surface area contributed by atoms with Gasteiger partial charge in [-0.05, 0) is 31.0 Å². The number of nitrogens with zero attached hydrogens (tertiary/aromatic N) is 3. The molecule has 0 radical (unpaired) electrons. The van der Waals surface area contributed by atoms with Crippen molar-refractivity contribution in [3.8, 4) is 0 Å². The van der Waals surface area contributed by atoms with Gasteiger partial charge in [0.05, 0.1) is 12.7 Å². The second-order valence-corrected chi connectivity index (χ2v) is 5.31. The Kier molecular flexibility index (Phi) is 4.08.